The molecule has 0 amide bonds. The largest absolute Gasteiger partial charge is 0.354 e. The standard InChI is InChI=1S/C24H27N5/c1-2-6-20(7-3-1)17-27-12-14-28(15-13-27)23-16-24(26-19-25-23)29-11-10-21-8-4-5-9-22(21)18-29/h1-9,16,19H,10-15,17-18H2. The zero-order valence-electron chi connectivity index (χ0n) is 16.7. The number of piperazine rings is 1. The van der Waals surface area contributed by atoms with Crippen LogP contribution in [-0.2, 0) is 19.5 Å². The smallest absolute Gasteiger partial charge is 0.134 e. The van der Waals surface area contributed by atoms with E-state index in [1.807, 2.05) is 0 Å². The maximum atomic E-state index is 4.58. The number of nitrogens with zero attached hydrogens (tertiary/aromatic N) is 5. The van der Waals surface area contributed by atoms with Gasteiger partial charge in [0.25, 0.3) is 0 Å². The number of benzene rings is 2. The molecule has 29 heavy (non-hydrogen) atoms. The molecule has 1 fully saturated rings. The maximum Gasteiger partial charge on any atom is 0.134 e. The summed E-state index contributed by atoms with van der Waals surface area (Å²) in [6.45, 7) is 7.10. The Morgan fingerprint density at radius 3 is 2.17 bits per heavy atom. The first-order chi connectivity index (χ1) is 14.3. The Balaban J connectivity index is 1.23. The van der Waals surface area contributed by atoms with Gasteiger partial charge in [-0.15, -0.1) is 0 Å². The van der Waals surface area contributed by atoms with Crippen LogP contribution in [0, 0.1) is 0 Å². The van der Waals surface area contributed by atoms with Gasteiger partial charge in [0, 0.05) is 51.9 Å². The second-order valence-corrected chi connectivity index (χ2v) is 7.92. The molecule has 1 aromatic heterocycles. The number of hydrogen-bond donors (Lipinski definition) is 0. The molecule has 5 nitrogen and oxygen atoms in total. The molecule has 3 heterocycles. The summed E-state index contributed by atoms with van der Waals surface area (Å²) >= 11 is 0. The van der Waals surface area contributed by atoms with Gasteiger partial charge in [-0.05, 0) is 23.1 Å². The van der Waals surface area contributed by atoms with Crippen LogP contribution >= 0.6 is 0 Å². The molecular weight excluding hydrogens is 358 g/mol. The van der Waals surface area contributed by atoms with Crippen molar-refractivity contribution in [2.45, 2.75) is 19.5 Å². The van der Waals surface area contributed by atoms with Crippen LogP contribution < -0.4 is 9.80 Å². The summed E-state index contributed by atoms with van der Waals surface area (Å²) in [6.07, 6.45) is 2.80. The van der Waals surface area contributed by atoms with Crippen LogP contribution in [0.3, 0.4) is 0 Å². The van der Waals surface area contributed by atoms with Crippen molar-refractivity contribution in [1.29, 1.82) is 0 Å². The number of hydrogen-bond acceptors (Lipinski definition) is 5. The molecular formula is C24H27N5. The van der Waals surface area contributed by atoms with Crippen molar-refractivity contribution in [2.75, 3.05) is 42.5 Å². The minimum atomic E-state index is 0.928. The van der Waals surface area contributed by atoms with Crippen molar-refractivity contribution < 1.29 is 0 Å². The van der Waals surface area contributed by atoms with E-state index in [4.69, 9.17) is 0 Å². The molecule has 2 aliphatic rings. The van der Waals surface area contributed by atoms with Crippen LogP contribution in [0.5, 0.6) is 0 Å². The molecule has 0 aliphatic carbocycles. The van der Waals surface area contributed by atoms with Crippen molar-refractivity contribution in [3.8, 4) is 0 Å². The third kappa shape index (κ3) is 4.10. The van der Waals surface area contributed by atoms with Crippen molar-refractivity contribution in [3.05, 3.63) is 83.7 Å². The van der Waals surface area contributed by atoms with E-state index >= 15 is 0 Å². The monoisotopic (exact) mass is 385 g/mol. The average Bonchev–Trinajstić information content (AvgIpc) is 2.80. The number of fused-ring (bicyclic) bond motifs is 1. The highest BCUT2D eigenvalue weighted by atomic mass is 15.3. The topological polar surface area (TPSA) is 35.5 Å². The zero-order chi connectivity index (χ0) is 19.5. The first-order valence-electron chi connectivity index (χ1n) is 10.5. The van der Waals surface area contributed by atoms with Crippen LogP contribution in [0.4, 0.5) is 11.6 Å². The van der Waals surface area contributed by atoms with Crippen LogP contribution in [0.1, 0.15) is 16.7 Å². The molecule has 5 rings (SSSR count). The van der Waals surface area contributed by atoms with E-state index in [0.717, 1.165) is 63.9 Å². The minimum Gasteiger partial charge on any atom is -0.354 e. The Hall–Kier alpha value is -2.92. The van der Waals surface area contributed by atoms with E-state index in [1.165, 1.54) is 16.7 Å². The predicted octanol–water partition coefficient (Wildman–Crippen LogP) is 3.36. The van der Waals surface area contributed by atoms with Crippen molar-refractivity contribution in [2.24, 2.45) is 0 Å². The molecule has 2 aliphatic heterocycles. The van der Waals surface area contributed by atoms with Crippen molar-refractivity contribution in [3.63, 3.8) is 0 Å². The minimum absolute atomic E-state index is 0.928. The molecule has 0 saturated carbocycles. The van der Waals surface area contributed by atoms with E-state index in [9.17, 15) is 0 Å². The highest BCUT2D eigenvalue weighted by Gasteiger charge is 2.21. The van der Waals surface area contributed by atoms with Crippen molar-refractivity contribution >= 4 is 11.6 Å². The summed E-state index contributed by atoms with van der Waals surface area (Å²) in [5.41, 5.74) is 4.26. The molecule has 1 saturated heterocycles. The highest BCUT2D eigenvalue weighted by molar-refractivity contribution is 5.52. The fourth-order valence-corrected chi connectivity index (χ4v) is 4.35. The third-order valence-electron chi connectivity index (χ3n) is 6.04. The predicted molar refractivity (Wildman–Crippen MR) is 117 cm³/mol. The highest BCUT2D eigenvalue weighted by Crippen LogP contribution is 2.25. The molecule has 5 heteroatoms. The molecule has 0 N–H and O–H groups in total. The summed E-state index contributed by atoms with van der Waals surface area (Å²) in [5, 5.41) is 0. The Morgan fingerprint density at radius 1 is 0.690 bits per heavy atom. The second-order valence-electron chi connectivity index (χ2n) is 7.92. The van der Waals surface area contributed by atoms with Crippen molar-refractivity contribution in [1.82, 2.24) is 14.9 Å². The lowest BCUT2D eigenvalue weighted by molar-refractivity contribution is 0.249. The van der Waals surface area contributed by atoms with Gasteiger partial charge in [-0.25, -0.2) is 9.97 Å². The molecule has 3 aromatic rings. The van der Waals surface area contributed by atoms with E-state index in [1.54, 1.807) is 6.33 Å². The van der Waals surface area contributed by atoms with Gasteiger partial charge in [-0.3, -0.25) is 4.90 Å². The molecule has 0 bridgehead atoms. The van der Waals surface area contributed by atoms with Gasteiger partial charge in [0.2, 0.25) is 0 Å². The van der Waals surface area contributed by atoms with Gasteiger partial charge in [0.1, 0.15) is 18.0 Å². The Bertz CT molecular complexity index is 950. The fourth-order valence-electron chi connectivity index (χ4n) is 4.35. The number of anilines is 2. The summed E-state index contributed by atoms with van der Waals surface area (Å²) in [7, 11) is 0. The summed E-state index contributed by atoms with van der Waals surface area (Å²) in [6, 6.07) is 21.6. The van der Waals surface area contributed by atoms with Gasteiger partial charge in [-0.1, -0.05) is 54.6 Å². The van der Waals surface area contributed by atoms with E-state index in [0.29, 0.717) is 0 Å². The first-order valence-corrected chi connectivity index (χ1v) is 10.5. The van der Waals surface area contributed by atoms with E-state index in [-0.39, 0.29) is 0 Å². The Kier molecular flexibility index (Phi) is 5.13. The zero-order valence-corrected chi connectivity index (χ0v) is 16.7. The van der Waals surface area contributed by atoms with Gasteiger partial charge < -0.3 is 9.80 Å². The van der Waals surface area contributed by atoms with Crippen LogP contribution in [0.2, 0.25) is 0 Å². The molecule has 0 atom stereocenters. The van der Waals surface area contributed by atoms with Gasteiger partial charge >= 0.3 is 0 Å². The molecule has 0 radical (unpaired) electrons. The summed E-state index contributed by atoms with van der Waals surface area (Å²) in [4.78, 5) is 16.5. The van der Waals surface area contributed by atoms with Crippen LogP contribution in [0.25, 0.3) is 0 Å². The number of rotatable bonds is 4. The Labute approximate surface area is 172 Å². The van der Waals surface area contributed by atoms with Gasteiger partial charge in [-0.2, -0.15) is 0 Å². The molecule has 148 valence electrons. The lowest BCUT2D eigenvalue weighted by atomic mass is 10.00. The van der Waals surface area contributed by atoms with Crippen LogP contribution in [0.15, 0.2) is 67.0 Å². The van der Waals surface area contributed by atoms with Gasteiger partial charge in [0.05, 0.1) is 0 Å². The average molecular weight is 386 g/mol. The number of aromatic nitrogens is 2. The fraction of sp³-hybridized carbons (Fsp3) is 0.333. The summed E-state index contributed by atoms with van der Waals surface area (Å²) < 4.78 is 0. The van der Waals surface area contributed by atoms with E-state index in [2.05, 4.69) is 85.3 Å². The lowest BCUT2D eigenvalue weighted by Gasteiger charge is -2.36. The molecule has 0 spiro atoms. The normalized spacial score (nSPS) is 17.2. The van der Waals surface area contributed by atoms with Gasteiger partial charge in [0.15, 0.2) is 0 Å². The molecule has 2 aromatic carbocycles. The quantitative estimate of drug-likeness (QED) is 0.688. The van der Waals surface area contributed by atoms with E-state index < -0.39 is 0 Å². The first kappa shape index (κ1) is 18.1. The SMILES string of the molecule is c1ccc(CN2CCN(c3cc(N4CCc5ccccc5C4)ncn3)CC2)cc1. The Morgan fingerprint density at radius 2 is 1.38 bits per heavy atom. The second kappa shape index (κ2) is 8.21. The molecule has 0 unspecified atom stereocenters. The summed E-state index contributed by atoms with van der Waals surface area (Å²) in [5.74, 6) is 2.09. The van der Waals surface area contributed by atoms with Crippen LogP contribution in [-0.4, -0.2) is 47.6 Å². The lowest BCUT2D eigenvalue weighted by Crippen LogP contribution is -2.46. The third-order valence-corrected chi connectivity index (χ3v) is 6.04. The maximum absolute atomic E-state index is 4.58.